The molecule has 2 rings (SSSR count). The minimum atomic E-state index is 0.144. The average molecular weight is 180 g/mol. The van der Waals surface area contributed by atoms with Crippen LogP contribution >= 0.6 is 0 Å². The van der Waals surface area contributed by atoms with E-state index in [1.807, 2.05) is 6.39 Å². The predicted octanol–water partition coefficient (Wildman–Crippen LogP) is 2.59. The lowest BCUT2D eigenvalue weighted by atomic mass is 9.84. The molecule has 2 nitrogen and oxygen atoms in total. The molecule has 13 heavy (non-hydrogen) atoms. The van der Waals surface area contributed by atoms with E-state index >= 15 is 0 Å². The second-order valence-corrected chi connectivity index (χ2v) is 4.96. The Hall–Kier alpha value is -0.790. The van der Waals surface area contributed by atoms with Gasteiger partial charge in [0.05, 0.1) is 0 Å². The van der Waals surface area contributed by atoms with Gasteiger partial charge in [0, 0.05) is 26.7 Å². The van der Waals surface area contributed by atoms with Gasteiger partial charge in [-0.05, 0) is 12.8 Å². The Bertz CT molecular complexity index is 291. The van der Waals surface area contributed by atoms with Gasteiger partial charge in [0.25, 0.3) is 0 Å². The fourth-order valence-electron chi connectivity index (χ4n) is 1.56. The van der Waals surface area contributed by atoms with E-state index in [1.54, 1.807) is 0 Å². The third-order valence-electron chi connectivity index (χ3n) is 2.85. The molecule has 0 aromatic carbocycles. The molecule has 0 spiro atoms. The van der Waals surface area contributed by atoms with E-state index in [2.05, 4.69) is 31.5 Å². The Morgan fingerprint density at radius 3 is 2.46 bits per heavy atom. The van der Waals surface area contributed by atoms with Crippen molar-refractivity contribution in [2.24, 2.45) is 0 Å². The second kappa shape index (κ2) is 2.86. The van der Waals surface area contributed by atoms with E-state index < -0.39 is 0 Å². The molecular formula is C11H18NO+. The second-order valence-electron chi connectivity index (χ2n) is 4.96. The lowest BCUT2D eigenvalue weighted by Gasteiger charge is -2.21. The predicted molar refractivity (Wildman–Crippen MR) is 50.5 cm³/mol. The van der Waals surface area contributed by atoms with E-state index in [1.165, 1.54) is 25.0 Å². The Morgan fingerprint density at radius 1 is 1.38 bits per heavy atom. The van der Waals surface area contributed by atoms with Crippen LogP contribution in [0.15, 0.2) is 17.0 Å². The lowest BCUT2D eigenvalue weighted by molar-refractivity contribution is -0.756. The fraction of sp³-hybridized carbons (Fsp3) is 0.727. The number of aromatic nitrogens is 1. The fourth-order valence-corrected chi connectivity index (χ4v) is 1.56. The van der Waals surface area contributed by atoms with Crippen LogP contribution in [0.25, 0.3) is 0 Å². The van der Waals surface area contributed by atoms with E-state index in [0.717, 1.165) is 0 Å². The number of nitrogens with zero attached hydrogens (tertiary/aromatic N) is 1. The summed E-state index contributed by atoms with van der Waals surface area (Å²) in [5.74, 6) is 1.87. The average Bonchev–Trinajstić information content (AvgIpc) is 2.29. The van der Waals surface area contributed by atoms with E-state index in [-0.39, 0.29) is 5.54 Å². The summed E-state index contributed by atoms with van der Waals surface area (Å²) < 4.78 is 7.71. The molecule has 1 saturated carbocycles. The lowest BCUT2D eigenvalue weighted by Crippen LogP contribution is -2.48. The van der Waals surface area contributed by atoms with Gasteiger partial charge in [0.1, 0.15) is 0 Å². The van der Waals surface area contributed by atoms with Crippen molar-refractivity contribution in [3.05, 3.63) is 18.4 Å². The van der Waals surface area contributed by atoms with Crippen LogP contribution in [-0.4, -0.2) is 0 Å². The Labute approximate surface area is 79.6 Å². The highest BCUT2D eigenvalue weighted by Gasteiger charge is 2.29. The maximum Gasteiger partial charge on any atom is 0.335 e. The van der Waals surface area contributed by atoms with Crippen LogP contribution in [0.1, 0.15) is 51.7 Å². The Kier molecular flexibility index (Phi) is 1.94. The molecule has 0 atom stereocenters. The molecule has 0 saturated heterocycles. The van der Waals surface area contributed by atoms with Gasteiger partial charge in [-0.2, -0.15) is 4.57 Å². The molecule has 0 aliphatic heterocycles. The maximum atomic E-state index is 5.56. The molecule has 2 heteroatoms. The molecule has 1 aromatic rings. The zero-order valence-corrected chi connectivity index (χ0v) is 8.71. The first kappa shape index (κ1) is 8.79. The summed E-state index contributed by atoms with van der Waals surface area (Å²) in [6, 6.07) is 0. The quantitative estimate of drug-likeness (QED) is 0.607. The number of rotatable bonds is 1. The van der Waals surface area contributed by atoms with Crippen LogP contribution in [0.3, 0.4) is 0 Å². The summed E-state index contributed by atoms with van der Waals surface area (Å²) in [6.07, 6.45) is 7.97. The van der Waals surface area contributed by atoms with Gasteiger partial charge in [-0.1, -0.05) is 6.42 Å². The van der Waals surface area contributed by atoms with Crippen LogP contribution < -0.4 is 4.57 Å². The molecule has 0 bridgehead atoms. The van der Waals surface area contributed by atoms with Crippen molar-refractivity contribution in [3.63, 3.8) is 0 Å². The summed E-state index contributed by atoms with van der Waals surface area (Å²) in [6.45, 7) is 6.56. The van der Waals surface area contributed by atoms with Crippen LogP contribution in [-0.2, 0) is 5.54 Å². The highest BCUT2D eigenvalue weighted by molar-refractivity contribution is 5.00. The molecular weight excluding hydrogens is 162 g/mol. The number of hydrogen-bond donors (Lipinski definition) is 0. The molecule has 1 fully saturated rings. The first-order valence-corrected chi connectivity index (χ1v) is 5.07. The first-order valence-electron chi connectivity index (χ1n) is 5.07. The molecule has 0 N–H and O–H groups in total. The highest BCUT2D eigenvalue weighted by atomic mass is 16.3. The number of hydrogen-bond acceptors (Lipinski definition) is 1. The van der Waals surface area contributed by atoms with Crippen molar-refractivity contribution in [2.75, 3.05) is 0 Å². The Balaban J connectivity index is 2.17. The van der Waals surface area contributed by atoms with Gasteiger partial charge in [0.2, 0.25) is 6.20 Å². The molecule has 1 aliphatic rings. The highest BCUT2D eigenvalue weighted by Crippen LogP contribution is 2.35. The van der Waals surface area contributed by atoms with Gasteiger partial charge < -0.3 is 4.42 Å². The van der Waals surface area contributed by atoms with Crippen molar-refractivity contribution in [1.29, 1.82) is 0 Å². The summed E-state index contributed by atoms with van der Waals surface area (Å²) in [5, 5.41) is 0. The summed E-state index contributed by atoms with van der Waals surface area (Å²) >= 11 is 0. The minimum Gasteiger partial charge on any atom is -0.409 e. The van der Waals surface area contributed by atoms with Crippen molar-refractivity contribution in [3.8, 4) is 0 Å². The van der Waals surface area contributed by atoms with E-state index in [0.29, 0.717) is 5.92 Å². The SMILES string of the molecule is CC(C)(C)[n+]1coc(C2CCC2)c1. The minimum absolute atomic E-state index is 0.144. The first-order chi connectivity index (χ1) is 6.07. The van der Waals surface area contributed by atoms with Crippen LogP contribution in [0, 0.1) is 0 Å². The van der Waals surface area contributed by atoms with Crippen LogP contribution in [0.4, 0.5) is 0 Å². The molecule has 0 amide bonds. The molecule has 72 valence electrons. The standard InChI is InChI=1S/C11H18NO/c1-11(2,3)12-7-10(13-8-12)9-5-4-6-9/h7-9H,4-6H2,1-3H3/q+1. The zero-order chi connectivity index (χ0) is 9.47. The van der Waals surface area contributed by atoms with Crippen molar-refractivity contribution in [1.82, 2.24) is 0 Å². The van der Waals surface area contributed by atoms with Crippen molar-refractivity contribution in [2.45, 2.75) is 51.5 Å². The molecule has 1 aromatic heterocycles. The van der Waals surface area contributed by atoms with Gasteiger partial charge in [0.15, 0.2) is 11.3 Å². The summed E-state index contributed by atoms with van der Waals surface area (Å²) in [7, 11) is 0. The van der Waals surface area contributed by atoms with Gasteiger partial charge in [-0.15, -0.1) is 0 Å². The molecule has 0 unspecified atom stereocenters. The largest absolute Gasteiger partial charge is 0.409 e. The third-order valence-corrected chi connectivity index (χ3v) is 2.85. The molecule has 1 aliphatic carbocycles. The summed E-state index contributed by atoms with van der Waals surface area (Å²) in [4.78, 5) is 0. The van der Waals surface area contributed by atoms with Crippen LogP contribution in [0.2, 0.25) is 0 Å². The maximum absolute atomic E-state index is 5.56. The van der Waals surface area contributed by atoms with Crippen LogP contribution in [0.5, 0.6) is 0 Å². The summed E-state index contributed by atoms with van der Waals surface area (Å²) in [5.41, 5.74) is 0.144. The Morgan fingerprint density at radius 2 is 2.08 bits per heavy atom. The smallest absolute Gasteiger partial charge is 0.335 e. The van der Waals surface area contributed by atoms with E-state index in [9.17, 15) is 0 Å². The third kappa shape index (κ3) is 1.62. The van der Waals surface area contributed by atoms with Crippen molar-refractivity contribution < 1.29 is 8.98 Å². The van der Waals surface area contributed by atoms with Crippen molar-refractivity contribution >= 4 is 0 Å². The van der Waals surface area contributed by atoms with Gasteiger partial charge >= 0.3 is 6.39 Å². The normalized spacial score (nSPS) is 18.7. The zero-order valence-electron chi connectivity index (χ0n) is 8.71. The molecule has 1 heterocycles. The van der Waals surface area contributed by atoms with Gasteiger partial charge in [-0.3, -0.25) is 0 Å². The number of oxazole rings is 1. The monoisotopic (exact) mass is 180 g/mol. The van der Waals surface area contributed by atoms with Gasteiger partial charge in [-0.25, -0.2) is 0 Å². The van der Waals surface area contributed by atoms with E-state index in [4.69, 9.17) is 4.42 Å². The molecule has 0 radical (unpaired) electrons. The topological polar surface area (TPSA) is 17.0 Å².